The molecule has 1 unspecified atom stereocenters. The fourth-order valence-corrected chi connectivity index (χ4v) is 1.99. The third kappa shape index (κ3) is 4.58. The summed E-state index contributed by atoms with van der Waals surface area (Å²) in [6, 6.07) is 0.0679. The van der Waals surface area contributed by atoms with E-state index in [9.17, 15) is 31.1 Å². The van der Waals surface area contributed by atoms with Gasteiger partial charge in [0.15, 0.2) is 0 Å². The molecule has 4 nitrogen and oxygen atoms in total. The Morgan fingerprint density at radius 2 is 1.65 bits per heavy atom. The number of rotatable bonds is 2. The van der Waals surface area contributed by atoms with Crippen LogP contribution in [0.4, 0.5) is 32.0 Å². The van der Waals surface area contributed by atoms with E-state index in [2.05, 4.69) is 10.6 Å². The second kappa shape index (κ2) is 6.36. The van der Waals surface area contributed by atoms with Crippen LogP contribution >= 0.6 is 0 Å². The Morgan fingerprint density at radius 1 is 1.09 bits per heavy atom. The maximum absolute atomic E-state index is 12.7. The Labute approximate surface area is 126 Å². The summed E-state index contributed by atoms with van der Waals surface area (Å²) in [4.78, 5) is 11.9. The second-order valence-corrected chi connectivity index (χ2v) is 4.87. The predicted molar refractivity (Wildman–Crippen MR) is 67.7 cm³/mol. The van der Waals surface area contributed by atoms with Crippen LogP contribution in [0.25, 0.3) is 0 Å². The van der Waals surface area contributed by atoms with Crippen LogP contribution in [0.15, 0.2) is 18.2 Å². The summed E-state index contributed by atoms with van der Waals surface area (Å²) in [6.45, 7) is 0.705. The molecular weight excluding hydrogens is 330 g/mol. The molecule has 1 aliphatic heterocycles. The van der Waals surface area contributed by atoms with Gasteiger partial charge in [-0.3, -0.25) is 4.79 Å². The smallest absolute Gasteiger partial charge is 0.378 e. The summed E-state index contributed by atoms with van der Waals surface area (Å²) in [5, 5.41) is 4.80. The summed E-state index contributed by atoms with van der Waals surface area (Å²) in [5.74, 6) is -0.767. The molecule has 0 aliphatic carbocycles. The number of hydrogen-bond acceptors (Lipinski definition) is 3. The zero-order valence-electron chi connectivity index (χ0n) is 11.5. The Bertz CT molecular complexity index is 547. The predicted octanol–water partition coefficient (Wildman–Crippen LogP) is 2.65. The molecule has 2 N–H and O–H groups in total. The van der Waals surface area contributed by atoms with E-state index >= 15 is 0 Å². The lowest BCUT2D eigenvalue weighted by molar-refractivity contribution is -0.143. The van der Waals surface area contributed by atoms with Crippen molar-refractivity contribution >= 4 is 11.6 Å². The summed E-state index contributed by atoms with van der Waals surface area (Å²) in [5.41, 5.74) is -3.56. The number of amides is 1. The molecule has 1 aromatic carbocycles. The highest BCUT2D eigenvalue weighted by molar-refractivity contribution is 5.95. The number of benzene rings is 1. The number of alkyl halides is 6. The van der Waals surface area contributed by atoms with Gasteiger partial charge in [-0.1, -0.05) is 0 Å². The molecule has 0 saturated carbocycles. The first-order valence-corrected chi connectivity index (χ1v) is 6.49. The van der Waals surface area contributed by atoms with Crippen LogP contribution in [0, 0.1) is 0 Å². The fraction of sp³-hybridized carbons (Fsp3) is 0.462. The third-order valence-electron chi connectivity index (χ3n) is 3.09. The van der Waals surface area contributed by atoms with Crippen molar-refractivity contribution < 1.29 is 35.9 Å². The largest absolute Gasteiger partial charge is 0.416 e. The number of carbonyl (C=O) groups excluding carboxylic acids is 1. The van der Waals surface area contributed by atoms with Crippen molar-refractivity contribution in [1.82, 2.24) is 5.32 Å². The molecule has 23 heavy (non-hydrogen) atoms. The van der Waals surface area contributed by atoms with Crippen molar-refractivity contribution in [2.45, 2.75) is 18.4 Å². The number of ether oxygens (including phenoxy) is 1. The molecule has 1 fully saturated rings. The van der Waals surface area contributed by atoms with Crippen LogP contribution in [-0.2, 0) is 21.9 Å². The van der Waals surface area contributed by atoms with Crippen LogP contribution < -0.4 is 10.6 Å². The van der Waals surface area contributed by atoms with Crippen molar-refractivity contribution in [3.05, 3.63) is 29.3 Å². The number of halogens is 6. The number of morpholine rings is 1. The van der Waals surface area contributed by atoms with Gasteiger partial charge in [0.25, 0.3) is 0 Å². The van der Waals surface area contributed by atoms with Crippen molar-refractivity contribution in [1.29, 1.82) is 0 Å². The van der Waals surface area contributed by atoms with Gasteiger partial charge in [-0.2, -0.15) is 26.3 Å². The van der Waals surface area contributed by atoms with Crippen molar-refractivity contribution in [2.24, 2.45) is 0 Å². The summed E-state index contributed by atoms with van der Waals surface area (Å²) >= 11 is 0. The van der Waals surface area contributed by atoms with E-state index in [-0.39, 0.29) is 12.7 Å². The lowest BCUT2D eigenvalue weighted by Crippen LogP contribution is -2.48. The van der Waals surface area contributed by atoms with Gasteiger partial charge in [0.2, 0.25) is 5.91 Å². The van der Waals surface area contributed by atoms with E-state index in [4.69, 9.17) is 4.74 Å². The zero-order chi connectivity index (χ0) is 17.3. The molecule has 1 saturated heterocycles. The van der Waals surface area contributed by atoms with Gasteiger partial charge in [-0.25, -0.2) is 0 Å². The Kier molecular flexibility index (Phi) is 4.85. The lowest BCUT2D eigenvalue weighted by Gasteiger charge is -2.23. The van der Waals surface area contributed by atoms with E-state index in [1.165, 1.54) is 0 Å². The van der Waals surface area contributed by atoms with Crippen LogP contribution in [0.5, 0.6) is 0 Å². The van der Waals surface area contributed by atoms with Crippen molar-refractivity contribution in [3.8, 4) is 0 Å². The highest BCUT2D eigenvalue weighted by Crippen LogP contribution is 2.37. The molecule has 0 aromatic heterocycles. The van der Waals surface area contributed by atoms with Gasteiger partial charge in [0, 0.05) is 12.2 Å². The van der Waals surface area contributed by atoms with Crippen LogP contribution in [0.2, 0.25) is 0 Å². The van der Waals surface area contributed by atoms with Gasteiger partial charge in [0.05, 0.1) is 24.3 Å². The normalized spacial score (nSPS) is 19.5. The highest BCUT2D eigenvalue weighted by Gasteiger charge is 2.37. The molecule has 1 heterocycles. The molecule has 1 amide bonds. The number of hydrogen-bond donors (Lipinski definition) is 2. The number of carbonyl (C=O) groups is 1. The highest BCUT2D eigenvalue weighted by atomic mass is 19.4. The Hall–Kier alpha value is -1.81. The second-order valence-electron chi connectivity index (χ2n) is 4.87. The van der Waals surface area contributed by atoms with E-state index < -0.39 is 41.1 Å². The van der Waals surface area contributed by atoms with Crippen LogP contribution in [-0.4, -0.2) is 31.7 Å². The third-order valence-corrected chi connectivity index (χ3v) is 3.09. The van der Waals surface area contributed by atoms with Gasteiger partial charge < -0.3 is 15.4 Å². The number of anilines is 1. The van der Waals surface area contributed by atoms with Crippen molar-refractivity contribution in [2.75, 3.05) is 25.1 Å². The van der Waals surface area contributed by atoms with E-state index in [1.807, 2.05) is 0 Å². The molecule has 1 atom stereocenters. The molecule has 0 bridgehead atoms. The molecule has 2 rings (SSSR count). The molecule has 128 valence electrons. The molecule has 1 aromatic rings. The van der Waals surface area contributed by atoms with Gasteiger partial charge in [-0.05, 0) is 18.2 Å². The maximum Gasteiger partial charge on any atom is 0.416 e. The Morgan fingerprint density at radius 3 is 2.09 bits per heavy atom. The van der Waals surface area contributed by atoms with Gasteiger partial charge in [0.1, 0.15) is 6.04 Å². The molecule has 0 radical (unpaired) electrons. The number of nitrogens with one attached hydrogen (secondary N) is 2. The molecule has 1 aliphatic rings. The van der Waals surface area contributed by atoms with Crippen molar-refractivity contribution in [3.63, 3.8) is 0 Å². The van der Waals surface area contributed by atoms with Crippen LogP contribution in [0.3, 0.4) is 0 Å². The molecule has 10 heteroatoms. The maximum atomic E-state index is 12.7. The molecular formula is C13H12F6N2O2. The minimum atomic E-state index is -4.97. The first-order chi connectivity index (χ1) is 10.6. The standard InChI is InChI=1S/C13H12F6N2O2/c14-12(15,16)7-3-8(13(17,18)19)5-9(4-7)21-11(22)10-6-23-2-1-20-10/h3-5,10,20H,1-2,6H2,(H,21,22). The minimum Gasteiger partial charge on any atom is -0.378 e. The SMILES string of the molecule is O=C(Nc1cc(C(F)(F)F)cc(C(F)(F)F)c1)C1COCCN1. The van der Waals surface area contributed by atoms with Crippen LogP contribution in [0.1, 0.15) is 11.1 Å². The summed E-state index contributed by atoms with van der Waals surface area (Å²) in [6.07, 6.45) is -9.93. The minimum absolute atomic E-state index is 0.00236. The van der Waals surface area contributed by atoms with Gasteiger partial charge in [-0.15, -0.1) is 0 Å². The lowest BCUT2D eigenvalue weighted by atomic mass is 10.1. The first-order valence-electron chi connectivity index (χ1n) is 6.49. The average molecular weight is 342 g/mol. The topological polar surface area (TPSA) is 50.4 Å². The quantitative estimate of drug-likeness (QED) is 0.813. The van der Waals surface area contributed by atoms with E-state index in [0.717, 1.165) is 0 Å². The fourth-order valence-electron chi connectivity index (χ4n) is 1.99. The summed E-state index contributed by atoms with van der Waals surface area (Å²) in [7, 11) is 0. The van der Waals surface area contributed by atoms with E-state index in [1.54, 1.807) is 0 Å². The van der Waals surface area contributed by atoms with Gasteiger partial charge >= 0.3 is 12.4 Å². The Balaban J connectivity index is 2.28. The zero-order valence-corrected chi connectivity index (χ0v) is 11.5. The monoisotopic (exact) mass is 342 g/mol. The molecule has 0 spiro atoms. The summed E-state index contributed by atoms with van der Waals surface area (Å²) < 4.78 is 81.3. The first kappa shape index (κ1) is 17.5. The average Bonchev–Trinajstić information content (AvgIpc) is 2.46. The van der Waals surface area contributed by atoms with E-state index in [0.29, 0.717) is 25.3 Å².